The van der Waals surface area contributed by atoms with E-state index in [0.29, 0.717) is 37.2 Å². The second-order valence-corrected chi connectivity index (χ2v) is 7.44. The number of rotatable bonds is 1. The number of aldehydes is 1. The molecule has 130 valence electrons. The maximum absolute atomic E-state index is 13.8. The first-order valence-electron chi connectivity index (χ1n) is 8.10. The van der Waals surface area contributed by atoms with Crippen LogP contribution in [0.5, 0.6) is 0 Å². The molecule has 0 aliphatic carbocycles. The van der Waals surface area contributed by atoms with Crippen molar-refractivity contribution in [2.24, 2.45) is 0 Å². The van der Waals surface area contributed by atoms with Crippen LogP contribution in [0.1, 0.15) is 43.6 Å². The highest BCUT2D eigenvalue weighted by Gasteiger charge is 2.42. The van der Waals surface area contributed by atoms with Crippen LogP contribution in [0.2, 0.25) is 0 Å². The van der Waals surface area contributed by atoms with Gasteiger partial charge in [0.1, 0.15) is 11.4 Å². The molecule has 3 heterocycles. The average molecular weight is 335 g/mol. The number of amides is 1. The fourth-order valence-electron chi connectivity index (χ4n) is 3.52. The number of hydrogen-bond acceptors (Lipinski definition) is 5. The number of nitrogens with zero attached hydrogens (tertiary/aromatic N) is 3. The number of carbonyl (C=O) groups excluding carboxylic acids is 2. The van der Waals surface area contributed by atoms with Crippen molar-refractivity contribution in [3.8, 4) is 0 Å². The molecule has 0 radical (unpaired) electrons. The minimum atomic E-state index is -0.597. The van der Waals surface area contributed by atoms with Crippen LogP contribution in [0.3, 0.4) is 0 Å². The molecule has 0 unspecified atom stereocenters. The molecule has 1 aromatic rings. The Balaban J connectivity index is 1.85. The molecule has 0 saturated carbocycles. The van der Waals surface area contributed by atoms with E-state index in [9.17, 15) is 14.0 Å². The molecule has 0 spiro atoms. The van der Waals surface area contributed by atoms with Gasteiger partial charge < -0.3 is 14.5 Å². The Hall–Kier alpha value is -2.18. The first-order valence-corrected chi connectivity index (χ1v) is 8.10. The average Bonchev–Trinajstić information content (AvgIpc) is 2.84. The van der Waals surface area contributed by atoms with Gasteiger partial charge in [-0.15, -0.1) is 0 Å². The van der Waals surface area contributed by atoms with Gasteiger partial charge in [-0.3, -0.25) is 4.79 Å². The number of anilines is 1. The predicted octanol–water partition coefficient (Wildman–Crippen LogP) is 2.40. The van der Waals surface area contributed by atoms with E-state index in [-0.39, 0.29) is 23.7 Å². The summed E-state index contributed by atoms with van der Waals surface area (Å²) in [6, 6.07) is -0.0146. The second-order valence-electron chi connectivity index (χ2n) is 7.44. The van der Waals surface area contributed by atoms with E-state index >= 15 is 0 Å². The third kappa shape index (κ3) is 2.83. The van der Waals surface area contributed by atoms with Gasteiger partial charge in [0.15, 0.2) is 12.1 Å². The smallest absolute Gasteiger partial charge is 0.410 e. The molecule has 2 aliphatic rings. The van der Waals surface area contributed by atoms with E-state index in [1.165, 1.54) is 0 Å². The first kappa shape index (κ1) is 16.7. The molecule has 1 amide bonds. The summed E-state index contributed by atoms with van der Waals surface area (Å²) < 4.78 is 19.3. The molecule has 0 bridgehead atoms. The third-order valence-corrected chi connectivity index (χ3v) is 4.39. The van der Waals surface area contributed by atoms with E-state index in [0.717, 1.165) is 6.20 Å². The highest BCUT2D eigenvalue weighted by molar-refractivity contribution is 5.82. The molecule has 3 rings (SSSR count). The second kappa shape index (κ2) is 5.72. The molecule has 6 nitrogen and oxygen atoms in total. The predicted molar refractivity (Wildman–Crippen MR) is 86.8 cm³/mol. The minimum Gasteiger partial charge on any atom is -0.444 e. The molecule has 1 saturated heterocycles. The summed E-state index contributed by atoms with van der Waals surface area (Å²) in [4.78, 5) is 31.5. The topological polar surface area (TPSA) is 62.7 Å². The number of halogens is 1. The molecular formula is C17H22FN3O3. The van der Waals surface area contributed by atoms with Gasteiger partial charge in [-0.2, -0.15) is 0 Å². The molecule has 0 N–H and O–H groups in total. The number of aromatic nitrogens is 1. The quantitative estimate of drug-likeness (QED) is 0.738. The summed E-state index contributed by atoms with van der Waals surface area (Å²) in [5.74, 6) is 0.0556. The number of ether oxygens (including phenoxy) is 1. The minimum absolute atomic E-state index is 0.00924. The lowest BCUT2D eigenvalue weighted by atomic mass is 10.0. The van der Waals surface area contributed by atoms with E-state index in [1.807, 2.05) is 27.7 Å². The molecule has 0 aromatic carbocycles. The normalized spacial score (nSPS) is 22.9. The lowest BCUT2D eigenvalue weighted by Crippen LogP contribution is -2.58. The zero-order chi connectivity index (χ0) is 17.6. The van der Waals surface area contributed by atoms with Crippen molar-refractivity contribution in [3.05, 3.63) is 23.1 Å². The van der Waals surface area contributed by atoms with Crippen LogP contribution in [-0.2, 0) is 11.2 Å². The number of pyridine rings is 1. The van der Waals surface area contributed by atoms with E-state index in [2.05, 4.69) is 9.88 Å². The molecule has 7 heteroatoms. The molecular weight excluding hydrogens is 313 g/mol. The van der Waals surface area contributed by atoms with Gasteiger partial charge in [-0.1, -0.05) is 0 Å². The Bertz CT molecular complexity index is 686. The largest absolute Gasteiger partial charge is 0.444 e. The lowest BCUT2D eigenvalue weighted by molar-refractivity contribution is 0.0191. The van der Waals surface area contributed by atoms with Gasteiger partial charge in [0, 0.05) is 24.7 Å². The monoisotopic (exact) mass is 335 g/mol. The van der Waals surface area contributed by atoms with Gasteiger partial charge in [-0.25, -0.2) is 14.2 Å². The third-order valence-electron chi connectivity index (χ3n) is 4.39. The molecule has 2 atom stereocenters. The summed E-state index contributed by atoms with van der Waals surface area (Å²) in [5, 5.41) is 0. The van der Waals surface area contributed by atoms with Crippen LogP contribution < -0.4 is 4.90 Å². The van der Waals surface area contributed by atoms with Gasteiger partial charge in [0.25, 0.3) is 0 Å². The molecule has 2 aliphatic heterocycles. The summed E-state index contributed by atoms with van der Waals surface area (Å²) in [5.41, 5.74) is 0.157. The summed E-state index contributed by atoms with van der Waals surface area (Å²) in [7, 11) is 0. The van der Waals surface area contributed by atoms with Crippen molar-refractivity contribution >= 4 is 18.2 Å². The Morgan fingerprint density at radius 2 is 2.12 bits per heavy atom. The van der Waals surface area contributed by atoms with Crippen molar-refractivity contribution in [2.75, 3.05) is 18.0 Å². The van der Waals surface area contributed by atoms with Crippen LogP contribution >= 0.6 is 0 Å². The summed E-state index contributed by atoms with van der Waals surface area (Å²) in [6.45, 7) is 8.46. The number of hydrogen-bond donors (Lipinski definition) is 0. The first-order chi connectivity index (χ1) is 11.2. The Kier molecular flexibility index (Phi) is 3.97. The highest BCUT2D eigenvalue weighted by Crippen LogP contribution is 2.37. The zero-order valence-electron chi connectivity index (χ0n) is 14.4. The maximum Gasteiger partial charge on any atom is 0.410 e. The van der Waals surface area contributed by atoms with Gasteiger partial charge in [0.05, 0.1) is 17.8 Å². The fourth-order valence-corrected chi connectivity index (χ4v) is 3.52. The van der Waals surface area contributed by atoms with E-state index in [1.54, 1.807) is 4.90 Å². The van der Waals surface area contributed by atoms with E-state index < -0.39 is 11.4 Å². The lowest BCUT2D eigenvalue weighted by Gasteiger charge is -2.43. The van der Waals surface area contributed by atoms with Crippen molar-refractivity contribution in [1.82, 2.24) is 9.88 Å². The van der Waals surface area contributed by atoms with Gasteiger partial charge >= 0.3 is 6.09 Å². The number of carbonyl (C=O) groups is 2. The van der Waals surface area contributed by atoms with Crippen LogP contribution in [0.15, 0.2) is 6.20 Å². The Morgan fingerprint density at radius 3 is 2.75 bits per heavy atom. The van der Waals surface area contributed by atoms with Crippen molar-refractivity contribution < 1.29 is 18.7 Å². The molecule has 1 aromatic heterocycles. The van der Waals surface area contributed by atoms with Gasteiger partial charge in [0.2, 0.25) is 0 Å². The van der Waals surface area contributed by atoms with Crippen LogP contribution in [0, 0.1) is 5.82 Å². The van der Waals surface area contributed by atoms with Gasteiger partial charge in [-0.05, 0) is 34.1 Å². The van der Waals surface area contributed by atoms with Crippen LogP contribution in [-0.4, -0.2) is 53.0 Å². The fraction of sp³-hybridized carbons (Fsp3) is 0.588. The molecule has 1 fully saturated rings. The zero-order valence-corrected chi connectivity index (χ0v) is 14.4. The summed E-state index contributed by atoms with van der Waals surface area (Å²) in [6.07, 6.45) is 1.79. The van der Waals surface area contributed by atoms with Crippen molar-refractivity contribution in [2.45, 2.75) is 51.8 Å². The SMILES string of the molecule is C[C@@H]1CN(C(=O)OC(C)(C)C)C[C@H]2Cc3c(ncc(F)c3C=O)N21. The standard InChI is InChI=1S/C17H22FN3O3/c1-10-7-20(16(23)24-17(2,3)4)8-11-5-12-13(9-22)14(18)6-19-15(12)21(10)11/h6,9-11H,5,7-8H2,1-4H3/t10-,11-/m1/s1. The molecule has 24 heavy (non-hydrogen) atoms. The maximum atomic E-state index is 13.8. The Labute approximate surface area is 140 Å². The van der Waals surface area contributed by atoms with E-state index in [4.69, 9.17) is 4.74 Å². The summed E-state index contributed by atoms with van der Waals surface area (Å²) >= 11 is 0. The van der Waals surface area contributed by atoms with Crippen LogP contribution in [0.25, 0.3) is 0 Å². The highest BCUT2D eigenvalue weighted by atomic mass is 19.1. The van der Waals surface area contributed by atoms with Crippen molar-refractivity contribution in [3.63, 3.8) is 0 Å². The number of fused-ring (bicyclic) bond motifs is 3. The van der Waals surface area contributed by atoms with Crippen molar-refractivity contribution in [1.29, 1.82) is 0 Å². The number of piperazine rings is 1. The Morgan fingerprint density at radius 1 is 1.42 bits per heavy atom. The van der Waals surface area contributed by atoms with Crippen LogP contribution in [0.4, 0.5) is 15.0 Å².